The van der Waals surface area contributed by atoms with Crippen molar-refractivity contribution in [2.45, 2.75) is 25.3 Å². The Labute approximate surface area is 131 Å². The number of aliphatic hydroxyl groups excluding tert-OH is 1. The summed E-state index contributed by atoms with van der Waals surface area (Å²) in [5, 5.41) is 15.2. The molecule has 1 fully saturated rings. The van der Waals surface area contributed by atoms with Crippen LogP contribution in [0.5, 0.6) is 5.75 Å². The Balaban J connectivity index is 1.93. The number of aliphatic hydroxyl groups is 1. The van der Waals surface area contributed by atoms with E-state index in [0.717, 1.165) is 6.07 Å². The third-order valence-electron chi connectivity index (χ3n) is 3.71. The molecule has 1 aliphatic heterocycles. The summed E-state index contributed by atoms with van der Waals surface area (Å²) in [6.45, 7) is 2.66. The molecule has 1 saturated heterocycles. The van der Waals surface area contributed by atoms with E-state index in [1.807, 2.05) is 0 Å². The minimum atomic E-state index is -4.55. The molecule has 0 aliphatic carbocycles. The number of halogens is 3. The van der Waals surface area contributed by atoms with Crippen LogP contribution in [-0.2, 0) is 11.0 Å². The number of carbonyl (C=O) groups is 1. The molecular formula is C15H19F3N2O3. The lowest BCUT2D eigenvalue weighted by Gasteiger charge is -2.20. The molecule has 3 unspecified atom stereocenters. The minimum absolute atomic E-state index is 0.117. The second-order valence-electron chi connectivity index (χ2n) is 5.48. The van der Waals surface area contributed by atoms with Crippen LogP contribution < -0.4 is 15.4 Å². The maximum atomic E-state index is 12.9. The quantitative estimate of drug-likeness (QED) is 0.757. The van der Waals surface area contributed by atoms with Crippen molar-refractivity contribution in [2.24, 2.45) is 5.92 Å². The van der Waals surface area contributed by atoms with Gasteiger partial charge in [-0.15, -0.1) is 0 Å². The van der Waals surface area contributed by atoms with Gasteiger partial charge in [0.15, 0.2) is 6.10 Å². The number of para-hydroxylation sites is 1. The van der Waals surface area contributed by atoms with E-state index < -0.39 is 29.9 Å². The van der Waals surface area contributed by atoms with Crippen molar-refractivity contribution in [1.82, 2.24) is 10.6 Å². The van der Waals surface area contributed by atoms with Crippen LogP contribution in [0.15, 0.2) is 24.3 Å². The van der Waals surface area contributed by atoms with Gasteiger partial charge in [0.25, 0.3) is 5.91 Å². The topological polar surface area (TPSA) is 70.6 Å². The third kappa shape index (κ3) is 4.59. The van der Waals surface area contributed by atoms with Crippen LogP contribution in [0.25, 0.3) is 0 Å². The Kier molecular flexibility index (Phi) is 5.48. The number of carbonyl (C=O) groups excluding carboxylic acids is 1. The molecule has 5 nitrogen and oxygen atoms in total. The molecule has 0 bridgehead atoms. The molecule has 0 spiro atoms. The minimum Gasteiger partial charge on any atom is -0.480 e. The molecular weight excluding hydrogens is 313 g/mol. The number of hydrogen-bond acceptors (Lipinski definition) is 4. The summed E-state index contributed by atoms with van der Waals surface area (Å²) in [4.78, 5) is 12.0. The largest absolute Gasteiger partial charge is 0.480 e. The predicted molar refractivity (Wildman–Crippen MR) is 76.9 cm³/mol. The zero-order valence-electron chi connectivity index (χ0n) is 12.6. The lowest BCUT2D eigenvalue weighted by molar-refractivity contribution is -0.140. The van der Waals surface area contributed by atoms with Crippen LogP contribution in [0.1, 0.15) is 12.5 Å². The molecule has 0 aromatic heterocycles. The number of benzene rings is 1. The van der Waals surface area contributed by atoms with Gasteiger partial charge >= 0.3 is 6.18 Å². The number of alkyl halides is 3. The number of nitrogens with one attached hydrogen (secondary N) is 2. The second-order valence-corrected chi connectivity index (χ2v) is 5.48. The van der Waals surface area contributed by atoms with Crippen molar-refractivity contribution in [3.8, 4) is 5.75 Å². The highest BCUT2D eigenvalue weighted by Gasteiger charge is 2.35. The van der Waals surface area contributed by atoms with Crippen LogP contribution in [0, 0.1) is 5.92 Å². The fourth-order valence-electron chi connectivity index (χ4n) is 2.35. The van der Waals surface area contributed by atoms with Crippen molar-refractivity contribution in [3.05, 3.63) is 29.8 Å². The highest BCUT2D eigenvalue weighted by atomic mass is 19.4. The van der Waals surface area contributed by atoms with Gasteiger partial charge in [-0.3, -0.25) is 4.79 Å². The standard InChI is InChI=1S/C15H19F3N2O3/c1-9(14(22)20-7-10-6-19-8-12(10)21)23-13-5-3-2-4-11(13)15(16,17)18/h2-5,9-10,12,19,21H,6-8H2,1H3,(H,20,22). The summed E-state index contributed by atoms with van der Waals surface area (Å²) >= 11 is 0. The van der Waals surface area contributed by atoms with Gasteiger partial charge in [-0.2, -0.15) is 13.2 Å². The molecule has 1 aliphatic rings. The highest BCUT2D eigenvalue weighted by Crippen LogP contribution is 2.36. The lowest BCUT2D eigenvalue weighted by atomic mass is 10.1. The Bertz CT molecular complexity index is 551. The summed E-state index contributed by atoms with van der Waals surface area (Å²) in [6.07, 6.45) is -6.17. The van der Waals surface area contributed by atoms with Gasteiger partial charge in [0, 0.05) is 25.6 Å². The molecule has 1 aromatic carbocycles. The zero-order valence-corrected chi connectivity index (χ0v) is 12.6. The zero-order chi connectivity index (χ0) is 17.0. The van der Waals surface area contributed by atoms with E-state index in [9.17, 15) is 23.1 Å². The molecule has 1 amide bonds. The number of ether oxygens (including phenoxy) is 1. The molecule has 3 atom stereocenters. The van der Waals surface area contributed by atoms with Crippen LogP contribution in [0.3, 0.4) is 0 Å². The van der Waals surface area contributed by atoms with Crippen molar-refractivity contribution >= 4 is 5.91 Å². The first kappa shape index (κ1) is 17.6. The Morgan fingerprint density at radius 2 is 2.13 bits per heavy atom. The van der Waals surface area contributed by atoms with Gasteiger partial charge in [0.1, 0.15) is 5.75 Å². The molecule has 2 rings (SSSR count). The Morgan fingerprint density at radius 3 is 2.74 bits per heavy atom. The second kappa shape index (κ2) is 7.18. The van der Waals surface area contributed by atoms with Crippen molar-refractivity contribution in [2.75, 3.05) is 19.6 Å². The number of hydrogen-bond donors (Lipinski definition) is 3. The van der Waals surface area contributed by atoms with E-state index >= 15 is 0 Å². The number of amides is 1. The van der Waals surface area contributed by atoms with Crippen molar-refractivity contribution in [3.63, 3.8) is 0 Å². The maximum absolute atomic E-state index is 12.9. The van der Waals surface area contributed by atoms with E-state index in [1.54, 1.807) is 0 Å². The van der Waals surface area contributed by atoms with Gasteiger partial charge in [-0.05, 0) is 19.1 Å². The SMILES string of the molecule is CC(Oc1ccccc1C(F)(F)F)C(=O)NCC1CNCC1O. The molecule has 3 N–H and O–H groups in total. The first-order chi connectivity index (χ1) is 10.8. The monoisotopic (exact) mass is 332 g/mol. The molecule has 1 aromatic rings. The summed E-state index contributed by atoms with van der Waals surface area (Å²) in [5.41, 5.74) is -0.921. The van der Waals surface area contributed by atoms with Crippen LogP contribution in [0.4, 0.5) is 13.2 Å². The van der Waals surface area contributed by atoms with Crippen LogP contribution >= 0.6 is 0 Å². The summed E-state index contributed by atoms with van der Waals surface area (Å²) < 4.78 is 43.8. The summed E-state index contributed by atoms with van der Waals surface area (Å²) in [7, 11) is 0. The van der Waals surface area contributed by atoms with E-state index in [0.29, 0.717) is 13.1 Å². The average molecular weight is 332 g/mol. The molecule has 0 radical (unpaired) electrons. The van der Waals surface area contributed by atoms with Crippen LogP contribution in [-0.4, -0.2) is 42.9 Å². The predicted octanol–water partition coefficient (Wildman–Crippen LogP) is 1.17. The lowest BCUT2D eigenvalue weighted by Crippen LogP contribution is -2.41. The van der Waals surface area contributed by atoms with Gasteiger partial charge in [0.2, 0.25) is 0 Å². The Hall–Kier alpha value is -1.80. The molecule has 0 saturated carbocycles. The molecule has 23 heavy (non-hydrogen) atoms. The van der Waals surface area contributed by atoms with Gasteiger partial charge in [-0.25, -0.2) is 0 Å². The van der Waals surface area contributed by atoms with E-state index in [2.05, 4.69) is 10.6 Å². The first-order valence-electron chi connectivity index (χ1n) is 7.28. The fourth-order valence-corrected chi connectivity index (χ4v) is 2.35. The van der Waals surface area contributed by atoms with E-state index in [-0.39, 0.29) is 18.2 Å². The van der Waals surface area contributed by atoms with Crippen LogP contribution in [0.2, 0.25) is 0 Å². The van der Waals surface area contributed by atoms with E-state index in [1.165, 1.54) is 25.1 Å². The third-order valence-corrected chi connectivity index (χ3v) is 3.71. The molecule has 1 heterocycles. The van der Waals surface area contributed by atoms with Gasteiger partial charge in [-0.1, -0.05) is 12.1 Å². The highest BCUT2D eigenvalue weighted by molar-refractivity contribution is 5.80. The van der Waals surface area contributed by atoms with Crippen molar-refractivity contribution < 1.29 is 27.8 Å². The first-order valence-corrected chi connectivity index (χ1v) is 7.28. The normalized spacial score (nSPS) is 22.7. The Morgan fingerprint density at radius 1 is 1.43 bits per heavy atom. The summed E-state index contributed by atoms with van der Waals surface area (Å²) in [5.74, 6) is -1.03. The van der Waals surface area contributed by atoms with Gasteiger partial charge < -0.3 is 20.5 Å². The fraction of sp³-hybridized carbons (Fsp3) is 0.533. The molecule has 128 valence electrons. The summed E-state index contributed by atoms with van der Waals surface area (Å²) in [6, 6.07) is 4.75. The smallest absolute Gasteiger partial charge is 0.419 e. The van der Waals surface area contributed by atoms with Crippen molar-refractivity contribution in [1.29, 1.82) is 0 Å². The molecule has 8 heteroatoms. The van der Waals surface area contributed by atoms with Gasteiger partial charge in [0.05, 0.1) is 11.7 Å². The average Bonchev–Trinajstić information content (AvgIpc) is 2.89. The maximum Gasteiger partial charge on any atom is 0.419 e. The number of β-amino-alcohol motifs (C(OH)–C–C–N with tert-alkyl or cyclic N) is 1. The van der Waals surface area contributed by atoms with E-state index in [4.69, 9.17) is 4.74 Å². The number of rotatable bonds is 5.